The van der Waals surface area contributed by atoms with Crippen molar-refractivity contribution in [3.8, 4) is 0 Å². The Labute approximate surface area is 243 Å². The molecule has 1 unspecified atom stereocenters. The molecular weight excluding hydrogens is 549 g/mol. The molecule has 2 heterocycles. The summed E-state index contributed by atoms with van der Waals surface area (Å²) in [6.45, 7) is 2.95. The zero-order valence-corrected chi connectivity index (χ0v) is 23.7. The zero-order valence-electron chi connectivity index (χ0n) is 22.1. The molecule has 8 nitrogen and oxygen atoms in total. The monoisotopic (exact) mass is 579 g/mol. The fourth-order valence-electron chi connectivity index (χ4n) is 5.46. The van der Waals surface area contributed by atoms with Crippen LogP contribution in [0.3, 0.4) is 0 Å². The quantitative estimate of drug-likeness (QED) is 0.401. The number of para-hydroxylation sites is 1. The summed E-state index contributed by atoms with van der Waals surface area (Å²) in [5, 5.41) is 6.64. The third-order valence-electron chi connectivity index (χ3n) is 7.64. The SMILES string of the molecule is CC(NC(=O)CN1CN(c2ccccc2)C2(CCN(C(=O)Nc3ccc(Cl)c(Cl)c3)CC2)C1=O)c1ccccc1. The van der Waals surface area contributed by atoms with Crippen LogP contribution >= 0.6 is 23.2 Å². The van der Waals surface area contributed by atoms with Gasteiger partial charge in [0.2, 0.25) is 5.91 Å². The van der Waals surface area contributed by atoms with Gasteiger partial charge in [-0.05, 0) is 55.7 Å². The summed E-state index contributed by atoms with van der Waals surface area (Å²) in [5.41, 5.74) is 1.61. The minimum Gasteiger partial charge on any atom is -0.348 e. The van der Waals surface area contributed by atoms with Crippen LogP contribution in [-0.2, 0) is 9.59 Å². The Morgan fingerprint density at radius 3 is 2.23 bits per heavy atom. The van der Waals surface area contributed by atoms with Gasteiger partial charge in [-0.1, -0.05) is 71.7 Å². The van der Waals surface area contributed by atoms with E-state index in [2.05, 4.69) is 15.5 Å². The summed E-state index contributed by atoms with van der Waals surface area (Å²) in [6, 6.07) is 23.9. The molecule has 0 aliphatic carbocycles. The molecule has 1 atom stereocenters. The fourth-order valence-corrected chi connectivity index (χ4v) is 5.76. The highest BCUT2D eigenvalue weighted by atomic mass is 35.5. The van der Waals surface area contributed by atoms with Gasteiger partial charge in [-0.25, -0.2) is 4.79 Å². The molecular formula is C30H31Cl2N5O3. The van der Waals surface area contributed by atoms with Gasteiger partial charge in [0.25, 0.3) is 5.91 Å². The molecule has 40 heavy (non-hydrogen) atoms. The van der Waals surface area contributed by atoms with Gasteiger partial charge in [0.15, 0.2) is 0 Å². The van der Waals surface area contributed by atoms with Crippen LogP contribution in [-0.4, -0.2) is 59.5 Å². The standard InChI is InChI=1S/C30H31Cl2N5O3/c1-21(22-8-4-2-5-9-22)33-27(38)19-36-20-37(24-10-6-3-7-11-24)30(28(36)39)14-16-35(17-15-30)29(40)34-23-12-13-25(31)26(32)18-23/h2-13,18,21H,14-17,19-20H2,1H3,(H,33,38)(H,34,40). The van der Waals surface area contributed by atoms with Crippen molar-refractivity contribution < 1.29 is 14.4 Å². The largest absolute Gasteiger partial charge is 0.348 e. The van der Waals surface area contributed by atoms with E-state index in [1.165, 1.54) is 0 Å². The summed E-state index contributed by atoms with van der Waals surface area (Å²) >= 11 is 12.1. The number of hydrogen-bond acceptors (Lipinski definition) is 4. The number of rotatable bonds is 6. The van der Waals surface area contributed by atoms with E-state index in [-0.39, 0.29) is 30.4 Å². The first-order valence-corrected chi connectivity index (χ1v) is 14.0. The van der Waals surface area contributed by atoms with E-state index < -0.39 is 5.54 Å². The average molecular weight is 581 g/mol. The number of hydrogen-bond donors (Lipinski definition) is 2. The van der Waals surface area contributed by atoms with Crippen molar-refractivity contribution in [1.29, 1.82) is 0 Å². The van der Waals surface area contributed by atoms with E-state index in [1.54, 1.807) is 28.0 Å². The second kappa shape index (κ2) is 11.8. The molecule has 0 bridgehead atoms. The van der Waals surface area contributed by atoms with Gasteiger partial charge in [-0.3, -0.25) is 9.59 Å². The fraction of sp³-hybridized carbons (Fsp3) is 0.300. The molecule has 10 heteroatoms. The van der Waals surface area contributed by atoms with Crippen molar-refractivity contribution in [2.45, 2.75) is 31.3 Å². The first-order valence-electron chi connectivity index (χ1n) is 13.2. The van der Waals surface area contributed by atoms with E-state index in [9.17, 15) is 14.4 Å². The van der Waals surface area contributed by atoms with E-state index in [4.69, 9.17) is 23.2 Å². The van der Waals surface area contributed by atoms with Crippen molar-refractivity contribution in [3.05, 3.63) is 94.5 Å². The average Bonchev–Trinajstić information content (AvgIpc) is 3.22. The van der Waals surface area contributed by atoms with E-state index in [0.29, 0.717) is 48.3 Å². The molecule has 5 rings (SSSR count). The minimum atomic E-state index is -0.840. The molecule has 2 aliphatic rings. The van der Waals surface area contributed by atoms with E-state index in [1.807, 2.05) is 67.6 Å². The second-order valence-corrected chi connectivity index (χ2v) is 11.0. The zero-order chi connectivity index (χ0) is 28.3. The maximum absolute atomic E-state index is 14.0. The highest BCUT2D eigenvalue weighted by Crippen LogP contribution is 2.39. The van der Waals surface area contributed by atoms with Crippen LogP contribution in [0.15, 0.2) is 78.9 Å². The number of nitrogens with zero attached hydrogens (tertiary/aromatic N) is 3. The van der Waals surface area contributed by atoms with Gasteiger partial charge >= 0.3 is 6.03 Å². The molecule has 0 aromatic heterocycles. The number of amides is 4. The first-order chi connectivity index (χ1) is 19.3. The number of benzene rings is 3. The van der Waals surface area contributed by atoms with Crippen molar-refractivity contribution in [2.75, 3.05) is 36.5 Å². The Morgan fingerprint density at radius 1 is 0.925 bits per heavy atom. The van der Waals surface area contributed by atoms with Gasteiger partial charge in [-0.2, -0.15) is 0 Å². The molecule has 0 radical (unpaired) electrons. The lowest BCUT2D eigenvalue weighted by atomic mass is 9.85. The lowest BCUT2D eigenvalue weighted by Crippen LogP contribution is -2.58. The van der Waals surface area contributed by atoms with Crippen LogP contribution in [0.1, 0.15) is 31.4 Å². The van der Waals surface area contributed by atoms with E-state index in [0.717, 1.165) is 11.3 Å². The molecule has 1 spiro atoms. The molecule has 2 saturated heterocycles. The predicted molar refractivity (Wildman–Crippen MR) is 158 cm³/mol. The van der Waals surface area contributed by atoms with Crippen molar-refractivity contribution in [3.63, 3.8) is 0 Å². The molecule has 2 N–H and O–H groups in total. The Balaban J connectivity index is 1.28. The van der Waals surface area contributed by atoms with Crippen molar-refractivity contribution >= 4 is 52.4 Å². The Morgan fingerprint density at radius 2 is 1.57 bits per heavy atom. The summed E-state index contributed by atoms with van der Waals surface area (Å²) < 4.78 is 0. The third-order valence-corrected chi connectivity index (χ3v) is 8.38. The van der Waals surface area contributed by atoms with Gasteiger partial charge in [0.1, 0.15) is 12.1 Å². The molecule has 0 saturated carbocycles. The van der Waals surface area contributed by atoms with Crippen LogP contribution in [0.4, 0.5) is 16.2 Å². The molecule has 208 valence electrons. The van der Waals surface area contributed by atoms with Gasteiger partial charge in [0.05, 0.1) is 22.8 Å². The number of piperidine rings is 1. The number of anilines is 2. The Bertz CT molecular complexity index is 1380. The smallest absolute Gasteiger partial charge is 0.321 e. The molecule has 3 aromatic rings. The highest BCUT2D eigenvalue weighted by Gasteiger charge is 2.54. The summed E-state index contributed by atoms with van der Waals surface area (Å²) in [4.78, 5) is 45.4. The predicted octanol–water partition coefficient (Wildman–Crippen LogP) is 5.54. The van der Waals surface area contributed by atoms with Crippen molar-refractivity contribution in [1.82, 2.24) is 15.1 Å². The van der Waals surface area contributed by atoms with Gasteiger partial charge < -0.3 is 25.3 Å². The molecule has 2 fully saturated rings. The van der Waals surface area contributed by atoms with Crippen LogP contribution in [0.25, 0.3) is 0 Å². The maximum Gasteiger partial charge on any atom is 0.321 e. The van der Waals surface area contributed by atoms with E-state index >= 15 is 0 Å². The third kappa shape index (κ3) is 5.74. The number of nitrogens with one attached hydrogen (secondary N) is 2. The second-order valence-electron chi connectivity index (χ2n) is 10.2. The summed E-state index contributed by atoms with van der Waals surface area (Å²) in [6.07, 6.45) is 0.877. The van der Waals surface area contributed by atoms with Crippen LogP contribution < -0.4 is 15.5 Å². The number of urea groups is 1. The minimum absolute atomic E-state index is 0.0391. The van der Waals surface area contributed by atoms with Crippen molar-refractivity contribution in [2.24, 2.45) is 0 Å². The van der Waals surface area contributed by atoms with Crippen LogP contribution in [0, 0.1) is 0 Å². The summed E-state index contributed by atoms with van der Waals surface area (Å²) in [5.74, 6) is -0.309. The molecule has 4 amide bonds. The Kier molecular flexibility index (Phi) is 8.19. The number of halogens is 2. The maximum atomic E-state index is 14.0. The first kappa shape index (κ1) is 27.8. The summed E-state index contributed by atoms with van der Waals surface area (Å²) in [7, 11) is 0. The highest BCUT2D eigenvalue weighted by molar-refractivity contribution is 6.42. The topological polar surface area (TPSA) is 85.0 Å². The normalized spacial score (nSPS) is 17.2. The number of carbonyl (C=O) groups is 3. The van der Waals surface area contributed by atoms with Crippen LogP contribution in [0.5, 0.6) is 0 Å². The number of likely N-dealkylation sites (tertiary alicyclic amines) is 1. The van der Waals surface area contributed by atoms with Gasteiger partial charge in [-0.15, -0.1) is 0 Å². The van der Waals surface area contributed by atoms with Crippen LogP contribution in [0.2, 0.25) is 10.0 Å². The Hall–Kier alpha value is -3.75. The lowest BCUT2D eigenvalue weighted by molar-refractivity contribution is -0.137. The molecule has 3 aromatic carbocycles. The molecule has 2 aliphatic heterocycles. The lowest BCUT2D eigenvalue weighted by Gasteiger charge is -2.43. The van der Waals surface area contributed by atoms with Gasteiger partial charge in [0, 0.05) is 24.5 Å². The number of carbonyl (C=O) groups excluding carboxylic acids is 3.